The molecule has 0 unspecified atom stereocenters. The average Bonchev–Trinajstić information content (AvgIpc) is 3.14. The zero-order valence-corrected chi connectivity index (χ0v) is 16.9. The van der Waals surface area contributed by atoms with Gasteiger partial charge in [0.1, 0.15) is 17.0 Å². The predicted octanol–water partition coefficient (Wildman–Crippen LogP) is 3.87. The first-order valence-corrected chi connectivity index (χ1v) is 9.20. The fourth-order valence-corrected chi connectivity index (χ4v) is 3.28. The summed E-state index contributed by atoms with van der Waals surface area (Å²) in [5.74, 6) is -1.60. The molecule has 0 amide bonds. The quantitative estimate of drug-likeness (QED) is 0.503. The van der Waals surface area contributed by atoms with E-state index >= 15 is 0 Å². The van der Waals surface area contributed by atoms with Crippen LogP contribution in [0, 0.1) is 6.92 Å². The minimum Gasteiger partial charge on any atom is -0.507 e. The van der Waals surface area contributed by atoms with E-state index in [1.54, 1.807) is 36.4 Å². The molecule has 8 heteroatoms. The number of phenolic OH excluding ortho intramolecular Hbond substituents is 1. The van der Waals surface area contributed by atoms with Crippen molar-refractivity contribution in [2.75, 3.05) is 14.2 Å². The second-order valence-electron chi connectivity index (χ2n) is 6.26. The number of para-hydroxylation sites is 1. The van der Waals surface area contributed by atoms with Gasteiger partial charge >= 0.3 is 11.9 Å². The van der Waals surface area contributed by atoms with Crippen LogP contribution in [-0.2, 0) is 15.4 Å². The number of phenols is 1. The number of aromatic hydroxyl groups is 1. The number of carbonyl (C=O) groups is 2. The Hall–Kier alpha value is -3.32. The van der Waals surface area contributed by atoms with Crippen LogP contribution < -0.4 is 0 Å². The van der Waals surface area contributed by atoms with Crippen molar-refractivity contribution in [1.29, 1.82) is 0 Å². The Bertz CT molecular complexity index is 1080. The third kappa shape index (κ3) is 3.69. The van der Waals surface area contributed by atoms with Crippen molar-refractivity contribution >= 4 is 23.5 Å². The number of rotatable bonds is 5. The smallest absolute Gasteiger partial charge is 0.357 e. The van der Waals surface area contributed by atoms with E-state index in [-0.39, 0.29) is 34.1 Å². The maximum atomic E-state index is 12.7. The number of nitrogens with zero attached hydrogens (tertiary/aromatic N) is 2. The van der Waals surface area contributed by atoms with Gasteiger partial charge in [-0.25, -0.2) is 14.3 Å². The molecule has 1 N–H and O–H groups in total. The average molecular weight is 415 g/mol. The molecular formula is C21H19ClN2O5. The lowest BCUT2D eigenvalue weighted by Gasteiger charge is -2.09. The molecule has 150 valence electrons. The molecule has 0 fully saturated rings. The van der Waals surface area contributed by atoms with Crippen molar-refractivity contribution in [1.82, 2.24) is 9.78 Å². The normalized spacial score (nSPS) is 10.6. The van der Waals surface area contributed by atoms with Crippen molar-refractivity contribution in [3.8, 4) is 22.7 Å². The highest BCUT2D eigenvalue weighted by molar-refractivity contribution is 6.17. The molecule has 0 spiro atoms. The minimum absolute atomic E-state index is 0.0668. The second kappa shape index (κ2) is 8.36. The van der Waals surface area contributed by atoms with Gasteiger partial charge in [-0.3, -0.25) is 0 Å². The molecule has 7 nitrogen and oxygen atoms in total. The lowest BCUT2D eigenvalue weighted by Crippen LogP contribution is -2.15. The molecule has 0 aliphatic carbocycles. The summed E-state index contributed by atoms with van der Waals surface area (Å²) in [6, 6.07) is 12.2. The van der Waals surface area contributed by atoms with Crippen LogP contribution in [0.3, 0.4) is 0 Å². The fourth-order valence-electron chi connectivity index (χ4n) is 3.08. The Morgan fingerprint density at radius 1 is 1.10 bits per heavy atom. The molecule has 0 saturated carbocycles. The van der Waals surface area contributed by atoms with Gasteiger partial charge in [-0.05, 0) is 30.7 Å². The van der Waals surface area contributed by atoms with Crippen LogP contribution >= 0.6 is 11.6 Å². The number of halogens is 1. The molecule has 1 aromatic heterocycles. The number of aromatic nitrogens is 2. The van der Waals surface area contributed by atoms with Crippen LogP contribution in [0.4, 0.5) is 0 Å². The summed E-state index contributed by atoms with van der Waals surface area (Å²) < 4.78 is 11.1. The van der Waals surface area contributed by atoms with Crippen LogP contribution in [0.15, 0.2) is 42.5 Å². The van der Waals surface area contributed by atoms with E-state index in [2.05, 4.69) is 5.10 Å². The highest BCUT2D eigenvalue weighted by atomic mass is 35.5. The van der Waals surface area contributed by atoms with Crippen molar-refractivity contribution in [3.05, 3.63) is 64.8 Å². The van der Waals surface area contributed by atoms with E-state index < -0.39 is 11.9 Å². The molecule has 1 heterocycles. The van der Waals surface area contributed by atoms with E-state index in [9.17, 15) is 14.7 Å². The van der Waals surface area contributed by atoms with Gasteiger partial charge in [0, 0.05) is 11.1 Å². The molecule has 29 heavy (non-hydrogen) atoms. The number of hydrogen-bond donors (Lipinski definition) is 1. The topological polar surface area (TPSA) is 90.6 Å². The molecule has 0 radical (unpaired) electrons. The maximum Gasteiger partial charge on any atom is 0.357 e. The van der Waals surface area contributed by atoms with Gasteiger partial charge < -0.3 is 14.6 Å². The van der Waals surface area contributed by atoms with Crippen molar-refractivity contribution in [2.45, 2.75) is 12.8 Å². The minimum atomic E-state index is -0.782. The lowest BCUT2D eigenvalue weighted by molar-refractivity contribution is 0.0549. The number of carbonyl (C=O) groups excluding carboxylic acids is 2. The van der Waals surface area contributed by atoms with Crippen LogP contribution in [0.2, 0.25) is 0 Å². The molecule has 0 aliphatic heterocycles. The summed E-state index contributed by atoms with van der Waals surface area (Å²) in [7, 11) is 2.41. The largest absolute Gasteiger partial charge is 0.507 e. The highest BCUT2D eigenvalue weighted by Gasteiger charge is 2.32. The first-order chi connectivity index (χ1) is 13.9. The Labute approximate surface area is 172 Å². The zero-order chi connectivity index (χ0) is 21.1. The van der Waals surface area contributed by atoms with Gasteiger partial charge in [0.2, 0.25) is 0 Å². The summed E-state index contributed by atoms with van der Waals surface area (Å²) >= 11 is 5.95. The number of methoxy groups -OCH3 is 2. The third-order valence-electron chi connectivity index (χ3n) is 4.39. The molecular weight excluding hydrogens is 396 g/mol. The predicted molar refractivity (Wildman–Crippen MR) is 108 cm³/mol. The van der Waals surface area contributed by atoms with E-state index in [1.807, 2.05) is 13.0 Å². The van der Waals surface area contributed by atoms with Gasteiger partial charge in [0.05, 0.1) is 25.8 Å². The monoisotopic (exact) mass is 414 g/mol. The Kier molecular flexibility index (Phi) is 5.89. The van der Waals surface area contributed by atoms with Crippen molar-refractivity contribution in [3.63, 3.8) is 0 Å². The first-order valence-electron chi connectivity index (χ1n) is 8.66. The standard InChI is InChI=1S/C21H19ClN2O5/c1-12-9-13(11-22)19(25)15(10-12)17-16(20(26)28-2)18(21(27)29-3)24(23-17)14-7-5-4-6-8-14/h4-10,25H,11H2,1-3H3. The fraction of sp³-hybridized carbons (Fsp3) is 0.190. The van der Waals surface area contributed by atoms with Gasteiger partial charge in [-0.15, -0.1) is 11.6 Å². The summed E-state index contributed by atoms with van der Waals surface area (Å²) in [5.41, 5.74) is 1.96. The number of aryl methyl sites for hydroxylation is 1. The molecule has 0 atom stereocenters. The number of benzene rings is 2. The number of ether oxygens (including phenoxy) is 2. The van der Waals surface area contributed by atoms with E-state index in [4.69, 9.17) is 21.1 Å². The molecule has 0 bridgehead atoms. The molecule has 0 saturated heterocycles. The van der Waals surface area contributed by atoms with Crippen LogP contribution in [0.5, 0.6) is 5.75 Å². The number of alkyl halides is 1. The molecule has 2 aromatic carbocycles. The van der Waals surface area contributed by atoms with E-state index in [0.29, 0.717) is 11.3 Å². The van der Waals surface area contributed by atoms with Gasteiger partial charge in [-0.1, -0.05) is 24.3 Å². The second-order valence-corrected chi connectivity index (χ2v) is 6.52. The third-order valence-corrected chi connectivity index (χ3v) is 4.67. The summed E-state index contributed by atoms with van der Waals surface area (Å²) in [4.78, 5) is 25.2. The highest BCUT2D eigenvalue weighted by Crippen LogP contribution is 2.37. The molecule has 3 rings (SSSR count). The molecule has 3 aromatic rings. The van der Waals surface area contributed by atoms with Crippen LogP contribution in [0.1, 0.15) is 32.0 Å². The van der Waals surface area contributed by atoms with E-state index in [1.165, 1.54) is 18.9 Å². The van der Waals surface area contributed by atoms with Gasteiger partial charge in [-0.2, -0.15) is 5.10 Å². The SMILES string of the molecule is COC(=O)c1c(-c2cc(C)cc(CCl)c2O)nn(-c2ccccc2)c1C(=O)OC. The van der Waals surface area contributed by atoms with Crippen LogP contribution in [0.25, 0.3) is 16.9 Å². The number of hydrogen-bond acceptors (Lipinski definition) is 6. The van der Waals surface area contributed by atoms with Crippen LogP contribution in [-0.4, -0.2) is 41.0 Å². The van der Waals surface area contributed by atoms with Crippen molar-refractivity contribution < 1.29 is 24.2 Å². The maximum absolute atomic E-state index is 12.7. The Morgan fingerprint density at radius 3 is 2.34 bits per heavy atom. The van der Waals surface area contributed by atoms with E-state index in [0.717, 1.165) is 5.56 Å². The zero-order valence-electron chi connectivity index (χ0n) is 16.1. The van der Waals surface area contributed by atoms with Crippen molar-refractivity contribution in [2.24, 2.45) is 0 Å². The van der Waals surface area contributed by atoms with Gasteiger partial charge in [0.25, 0.3) is 0 Å². The lowest BCUT2D eigenvalue weighted by atomic mass is 9.99. The summed E-state index contributed by atoms with van der Waals surface area (Å²) in [5, 5.41) is 15.2. The summed E-state index contributed by atoms with van der Waals surface area (Å²) in [6.07, 6.45) is 0. The molecule has 0 aliphatic rings. The number of esters is 2. The summed E-state index contributed by atoms with van der Waals surface area (Å²) in [6.45, 7) is 1.83. The first kappa shape index (κ1) is 20.4. The van der Waals surface area contributed by atoms with Gasteiger partial charge in [0.15, 0.2) is 5.69 Å². The Balaban J connectivity index is 2.42. The Morgan fingerprint density at radius 2 is 1.76 bits per heavy atom.